The third kappa shape index (κ3) is 4.06. The molecule has 0 radical (unpaired) electrons. The van der Waals surface area contributed by atoms with Gasteiger partial charge in [-0.15, -0.1) is 11.3 Å². The molecule has 2 rings (SSSR count). The topological polar surface area (TPSA) is 51.2 Å². The van der Waals surface area contributed by atoms with Gasteiger partial charge in [0, 0.05) is 30.1 Å². The van der Waals surface area contributed by atoms with Crippen LogP contribution >= 0.6 is 11.3 Å². The molecule has 19 heavy (non-hydrogen) atoms. The molecule has 0 fully saturated rings. The van der Waals surface area contributed by atoms with E-state index in [2.05, 4.69) is 10.3 Å². The van der Waals surface area contributed by atoms with Crippen molar-refractivity contribution in [3.63, 3.8) is 0 Å². The number of carbonyl (C=O) groups excluding carboxylic acids is 1. The minimum atomic E-state index is -0.0698. The number of hydrogen-bond acceptors (Lipinski definition) is 4. The van der Waals surface area contributed by atoms with Gasteiger partial charge >= 0.3 is 0 Å². The number of hydrogen-bond donors (Lipinski definition) is 1. The van der Waals surface area contributed by atoms with Crippen LogP contribution in [0.15, 0.2) is 35.8 Å². The first kappa shape index (κ1) is 13.5. The Bertz CT molecular complexity index is 509. The van der Waals surface area contributed by atoms with Crippen LogP contribution in [0.1, 0.15) is 22.3 Å². The first-order valence-corrected chi connectivity index (χ1v) is 7.07. The van der Waals surface area contributed by atoms with Crippen LogP contribution in [0.4, 0.5) is 0 Å². The largest absolute Gasteiger partial charge is 0.494 e. The third-order valence-corrected chi connectivity index (χ3v) is 3.37. The van der Waals surface area contributed by atoms with Gasteiger partial charge in [0.2, 0.25) is 0 Å². The summed E-state index contributed by atoms with van der Waals surface area (Å²) in [5.41, 5.74) is 0.641. The van der Waals surface area contributed by atoms with E-state index in [-0.39, 0.29) is 5.91 Å². The van der Waals surface area contributed by atoms with Gasteiger partial charge in [0.1, 0.15) is 5.75 Å². The molecule has 0 saturated carbocycles. The molecule has 2 aromatic rings. The van der Waals surface area contributed by atoms with Gasteiger partial charge in [-0.1, -0.05) is 0 Å². The van der Waals surface area contributed by atoms with Crippen molar-refractivity contribution in [3.05, 3.63) is 46.4 Å². The number of rotatable bonds is 6. The summed E-state index contributed by atoms with van der Waals surface area (Å²) in [6, 6.07) is 7.14. The Kier molecular flexibility index (Phi) is 4.92. The Labute approximate surface area is 116 Å². The van der Waals surface area contributed by atoms with Gasteiger partial charge in [-0.25, -0.2) is 4.98 Å². The highest BCUT2D eigenvalue weighted by atomic mass is 32.1. The summed E-state index contributed by atoms with van der Waals surface area (Å²) in [6.07, 6.45) is 2.54. The lowest BCUT2D eigenvalue weighted by Gasteiger charge is -2.06. The predicted octanol–water partition coefficient (Wildman–Crippen LogP) is 2.51. The van der Waals surface area contributed by atoms with E-state index in [0.29, 0.717) is 18.7 Å². The Morgan fingerprint density at radius 3 is 2.79 bits per heavy atom. The molecule has 0 saturated heterocycles. The smallest absolute Gasteiger partial charge is 0.251 e. The van der Waals surface area contributed by atoms with Gasteiger partial charge < -0.3 is 10.1 Å². The highest BCUT2D eigenvalue weighted by Gasteiger charge is 2.05. The van der Waals surface area contributed by atoms with Gasteiger partial charge in [0.15, 0.2) is 0 Å². The number of amides is 1. The van der Waals surface area contributed by atoms with E-state index in [0.717, 1.165) is 17.2 Å². The summed E-state index contributed by atoms with van der Waals surface area (Å²) in [5, 5.41) is 5.84. The Morgan fingerprint density at radius 2 is 2.16 bits per heavy atom. The summed E-state index contributed by atoms with van der Waals surface area (Å²) in [7, 11) is 0. The van der Waals surface area contributed by atoms with Crippen molar-refractivity contribution >= 4 is 17.2 Å². The first-order valence-electron chi connectivity index (χ1n) is 6.19. The summed E-state index contributed by atoms with van der Waals surface area (Å²) >= 11 is 1.60. The van der Waals surface area contributed by atoms with Crippen molar-refractivity contribution in [1.82, 2.24) is 10.3 Å². The molecule has 4 nitrogen and oxygen atoms in total. The fourth-order valence-electron chi connectivity index (χ4n) is 1.63. The molecule has 1 amide bonds. The van der Waals surface area contributed by atoms with E-state index >= 15 is 0 Å². The van der Waals surface area contributed by atoms with Crippen molar-refractivity contribution < 1.29 is 9.53 Å². The fraction of sp³-hybridized carbons (Fsp3) is 0.286. The molecule has 1 aromatic heterocycles. The molecular formula is C14H16N2O2S. The van der Waals surface area contributed by atoms with Crippen molar-refractivity contribution in [1.29, 1.82) is 0 Å². The molecule has 0 aliphatic heterocycles. The maximum atomic E-state index is 11.9. The lowest BCUT2D eigenvalue weighted by Crippen LogP contribution is -2.25. The van der Waals surface area contributed by atoms with Gasteiger partial charge in [-0.05, 0) is 31.2 Å². The zero-order chi connectivity index (χ0) is 13.5. The van der Waals surface area contributed by atoms with Crippen LogP contribution in [0.2, 0.25) is 0 Å². The molecule has 5 heteroatoms. The zero-order valence-electron chi connectivity index (χ0n) is 10.8. The van der Waals surface area contributed by atoms with Crippen LogP contribution in [0, 0.1) is 0 Å². The maximum Gasteiger partial charge on any atom is 0.251 e. The van der Waals surface area contributed by atoms with E-state index in [1.165, 1.54) is 0 Å². The van der Waals surface area contributed by atoms with E-state index in [1.807, 2.05) is 12.3 Å². The molecule has 0 atom stereocenters. The van der Waals surface area contributed by atoms with Crippen LogP contribution in [0.5, 0.6) is 5.75 Å². The number of nitrogens with zero attached hydrogens (tertiary/aromatic N) is 1. The van der Waals surface area contributed by atoms with Crippen LogP contribution in [0.3, 0.4) is 0 Å². The van der Waals surface area contributed by atoms with Crippen molar-refractivity contribution in [3.8, 4) is 5.75 Å². The summed E-state index contributed by atoms with van der Waals surface area (Å²) < 4.78 is 5.33. The second-order valence-corrected chi connectivity index (χ2v) is 4.87. The van der Waals surface area contributed by atoms with E-state index in [1.54, 1.807) is 41.8 Å². The summed E-state index contributed by atoms with van der Waals surface area (Å²) in [5.74, 6) is 0.710. The number of aromatic nitrogens is 1. The first-order chi connectivity index (χ1) is 9.29. The molecule has 0 unspecified atom stereocenters. The maximum absolute atomic E-state index is 11.9. The molecule has 100 valence electrons. The van der Waals surface area contributed by atoms with Gasteiger partial charge in [-0.3, -0.25) is 4.79 Å². The molecule has 0 aliphatic rings. The monoisotopic (exact) mass is 276 g/mol. The zero-order valence-corrected chi connectivity index (χ0v) is 11.6. The standard InChI is InChI=1S/C14H16N2O2S/c1-2-18-12-5-3-11(4-6-12)14(17)16-8-7-13-15-9-10-19-13/h3-6,9-10H,2,7-8H2,1H3,(H,16,17). The lowest BCUT2D eigenvalue weighted by molar-refractivity contribution is 0.0954. The number of carbonyl (C=O) groups is 1. The minimum absolute atomic E-state index is 0.0698. The van der Waals surface area contributed by atoms with Gasteiger partial charge in [-0.2, -0.15) is 0 Å². The molecule has 1 heterocycles. The van der Waals surface area contributed by atoms with Crippen LogP contribution < -0.4 is 10.1 Å². The Balaban J connectivity index is 1.82. The average Bonchev–Trinajstić information content (AvgIpc) is 2.93. The SMILES string of the molecule is CCOc1ccc(C(=O)NCCc2nccs2)cc1. The molecule has 0 aliphatic carbocycles. The normalized spacial score (nSPS) is 10.2. The highest BCUT2D eigenvalue weighted by molar-refractivity contribution is 7.09. The number of nitrogens with one attached hydrogen (secondary N) is 1. The number of ether oxygens (including phenoxy) is 1. The molecule has 0 spiro atoms. The van der Waals surface area contributed by atoms with Crippen LogP contribution in [-0.2, 0) is 6.42 Å². The second kappa shape index (κ2) is 6.89. The van der Waals surface area contributed by atoms with Gasteiger partial charge in [0.25, 0.3) is 5.91 Å². The number of thiazole rings is 1. The number of benzene rings is 1. The lowest BCUT2D eigenvalue weighted by atomic mass is 10.2. The Hall–Kier alpha value is -1.88. The van der Waals surface area contributed by atoms with E-state index in [9.17, 15) is 4.79 Å². The van der Waals surface area contributed by atoms with Crippen LogP contribution in [-0.4, -0.2) is 24.0 Å². The molecule has 1 aromatic carbocycles. The van der Waals surface area contributed by atoms with Crippen molar-refractivity contribution in [2.45, 2.75) is 13.3 Å². The quantitative estimate of drug-likeness (QED) is 0.882. The van der Waals surface area contributed by atoms with E-state index < -0.39 is 0 Å². The second-order valence-electron chi connectivity index (χ2n) is 3.89. The fourth-order valence-corrected chi connectivity index (χ4v) is 2.25. The summed E-state index contributed by atoms with van der Waals surface area (Å²) in [6.45, 7) is 3.15. The van der Waals surface area contributed by atoms with Crippen molar-refractivity contribution in [2.24, 2.45) is 0 Å². The van der Waals surface area contributed by atoms with Crippen molar-refractivity contribution in [2.75, 3.05) is 13.2 Å². The Morgan fingerprint density at radius 1 is 1.37 bits per heavy atom. The van der Waals surface area contributed by atoms with Crippen LogP contribution in [0.25, 0.3) is 0 Å². The predicted molar refractivity (Wildman–Crippen MR) is 75.8 cm³/mol. The minimum Gasteiger partial charge on any atom is -0.494 e. The van der Waals surface area contributed by atoms with E-state index in [4.69, 9.17) is 4.74 Å². The molecular weight excluding hydrogens is 260 g/mol. The van der Waals surface area contributed by atoms with Gasteiger partial charge in [0.05, 0.1) is 11.6 Å². The molecule has 0 bridgehead atoms. The third-order valence-electron chi connectivity index (χ3n) is 2.54. The average molecular weight is 276 g/mol. The highest BCUT2D eigenvalue weighted by Crippen LogP contribution is 2.12. The molecule has 1 N–H and O–H groups in total. The summed E-state index contributed by atoms with van der Waals surface area (Å²) in [4.78, 5) is 16.0.